The van der Waals surface area contributed by atoms with Gasteiger partial charge in [0.15, 0.2) is 0 Å². The Hall–Kier alpha value is -0.420. The second-order valence-corrected chi connectivity index (χ2v) is 5.86. The number of nitrogens with zero attached hydrogens (tertiary/aromatic N) is 1. The van der Waals surface area contributed by atoms with Gasteiger partial charge in [-0.1, -0.05) is 22.9 Å². The van der Waals surface area contributed by atoms with E-state index in [0.29, 0.717) is 11.4 Å². The SMILES string of the molecule is CCC(Br)CNC(=O)c1sc(C)nc1C. The summed E-state index contributed by atoms with van der Waals surface area (Å²) >= 11 is 4.92. The van der Waals surface area contributed by atoms with Gasteiger partial charge in [0.2, 0.25) is 0 Å². The van der Waals surface area contributed by atoms with Crippen molar-refractivity contribution in [1.82, 2.24) is 10.3 Å². The number of amides is 1. The van der Waals surface area contributed by atoms with Crippen LogP contribution in [0.15, 0.2) is 0 Å². The second-order valence-electron chi connectivity index (χ2n) is 3.36. The first-order valence-electron chi connectivity index (χ1n) is 4.90. The summed E-state index contributed by atoms with van der Waals surface area (Å²) in [5.74, 6) is -0.0176. The molecule has 0 aliphatic carbocycles. The lowest BCUT2D eigenvalue weighted by molar-refractivity contribution is 0.0957. The number of alkyl halides is 1. The Morgan fingerprint density at radius 3 is 2.73 bits per heavy atom. The molecule has 0 aromatic carbocycles. The molecule has 0 radical (unpaired) electrons. The summed E-state index contributed by atoms with van der Waals surface area (Å²) in [4.78, 5) is 17.0. The Morgan fingerprint density at radius 1 is 1.60 bits per heavy atom. The Balaban J connectivity index is 2.58. The quantitative estimate of drug-likeness (QED) is 0.867. The molecule has 5 heteroatoms. The van der Waals surface area contributed by atoms with Crippen molar-refractivity contribution in [3.05, 3.63) is 15.6 Å². The van der Waals surface area contributed by atoms with Gasteiger partial charge in [-0.3, -0.25) is 4.79 Å². The Bertz CT molecular complexity index is 351. The third kappa shape index (κ3) is 3.57. The maximum atomic E-state index is 11.7. The first-order chi connectivity index (χ1) is 7.04. The number of thiazole rings is 1. The van der Waals surface area contributed by atoms with E-state index in [4.69, 9.17) is 0 Å². The molecule has 0 aliphatic rings. The van der Waals surface area contributed by atoms with Crippen LogP contribution in [0.25, 0.3) is 0 Å². The zero-order chi connectivity index (χ0) is 11.4. The van der Waals surface area contributed by atoms with E-state index in [1.165, 1.54) is 11.3 Å². The van der Waals surface area contributed by atoms with E-state index in [9.17, 15) is 4.79 Å². The molecule has 1 N–H and O–H groups in total. The number of carbonyl (C=O) groups excluding carboxylic acids is 1. The van der Waals surface area contributed by atoms with E-state index in [1.54, 1.807) is 0 Å². The number of aryl methyl sites for hydroxylation is 2. The largest absolute Gasteiger partial charge is 0.350 e. The van der Waals surface area contributed by atoms with Crippen LogP contribution < -0.4 is 5.32 Å². The maximum absolute atomic E-state index is 11.7. The van der Waals surface area contributed by atoms with E-state index in [-0.39, 0.29) is 5.91 Å². The van der Waals surface area contributed by atoms with Crippen LogP contribution in [0.3, 0.4) is 0 Å². The average Bonchev–Trinajstić information content (AvgIpc) is 2.53. The lowest BCUT2D eigenvalue weighted by Crippen LogP contribution is -2.29. The van der Waals surface area contributed by atoms with Crippen LogP contribution in [0.5, 0.6) is 0 Å². The summed E-state index contributed by atoms with van der Waals surface area (Å²) in [7, 11) is 0. The van der Waals surface area contributed by atoms with Crippen LogP contribution in [0.2, 0.25) is 0 Å². The highest BCUT2D eigenvalue weighted by molar-refractivity contribution is 9.09. The Labute approximate surface area is 102 Å². The van der Waals surface area contributed by atoms with E-state index >= 15 is 0 Å². The molecular formula is C10H15BrN2OS. The highest BCUT2D eigenvalue weighted by Crippen LogP contribution is 2.16. The molecule has 0 spiro atoms. The third-order valence-corrected chi connectivity index (χ3v) is 4.08. The van der Waals surface area contributed by atoms with E-state index in [2.05, 4.69) is 33.2 Å². The lowest BCUT2D eigenvalue weighted by Gasteiger charge is -2.07. The summed E-state index contributed by atoms with van der Waals surface area (Å²) in [5.41, 5.74) is 0.817. The first-order valence-corrected chi connectivity index (χ1v) is 6.64. The number of hydrogen-bond donors (Lipinski definition) is 1. The van der Waals surface area contributed by atoms with Gasteiger partial charge in [0.25, 0.3) is 5.91 Å². The number of carbonyl (C=O) groups is 1. The zero-order valence-corrected chi connectivity index (χ0v) is 11.5. The molecule has 15 heavy (non-hydrogen) atoms. The number of rotatable bonds is 4. The fourth-order valence-corrected chi connectivity index (χ4v) is 2.17. The van der Waals surface area contributed by atoms with Gasteiger partial charge in [0.05, 0.1) is 10.7 Å². The average molecular weight is 291 g/mol. The van der Waals surface area contributed by atoms with E-state index < -0.39 is 0 Å². The van der Waals surface area contributed by atoms with Crippen molar-refractivity contribution in [2.75, 3.05) is 6.54 Å². The molecule has 0 saturated carbocycles. The van der Waals surface area contributed by atoms with Crippen molar-refractivity contribution in [1.29, 1.82) is 0 Å². The van der Waals surface area contributed by atoms with Gasteiger partial charge in [0.1, 0.15) is 4.88 Å². The van der Waals surface area contributed by atoms with Gasteiger partial charge < -0.3 is 5.32 Å². The monoisotopic (exact) mass is 290 g/mol. The van der Waals surface area contributed by atoms with Gasteiger partial charge in [-0.2, -0.15) is 0 Å². The standard InChI is InChI=1S/C10H15BrN2OS/c1-4-8(11)5-12-10(14)9-6(2)13-7(3)15-9/h8H,4-5H2,1-3H3,(H,12,14). The van der Waals surface area contributed by atoms with Crippen LogP contribution in [-0.2, 0) is 0 Å². The predicted octanol–water partition coefficient (Wildman–Crippen LogP) is 2.66. The molecule has 1 unspecified atom stereocenters. The van der Waals surface area contributed by atoms with Crippen LogP contribution in [-0.4, -0.2) is 22.3 Å². The molecule has 1 aromatic heterocycles. The number of hydrogen-bond acceptors (Lipinski definition) is 3. The van der Waals surface area contributed by atoms with Crippen molar-refractivity contribution >= 4 is 33.2 Å². The maximum Gasteiger partial charge on any atom is 0.263 e. The smallest absolute Gasteiger partial charge is 0.263 e. The van der Waals surface area contributed by atoms with Crippen LogP contribution in [0.1, 0.15) is 33.7 Å². The summed E-state index contributed by atoms with van der Waals surface area (Å²) in [5, 5.41) is 3.82. The summed E-state index contributed by atoms with van der Waals surface area (Å²) in [6.45, 7) is 6.51. The van der Waals surface area contributed by atoms with Crippen molar-refractivity contribution in [3.63, 3.8) is 0 Å². The van der Waals surface area contributed by atoms with Crippen molar-refractivity contribution < 1.29 is 4.79 Å². The number of nitrogens with one attached hydrogen (secondary N) is 1. The molecule has 1 amide bonds. The second kappa shape index (κ2) is 5.61. The number of aromatic nitrogens is 1. The fourth-order valence-electron chi connectivity index (χ4n) is 1.17. The minimum atomic E-state index is -0.0176. The third-order valence-electron chi connectivity index (χ3n) is 2.04. The van der Waals surface area contributed by atoms with Gasteiger partial charge >= 0.3 is 0 Å². The summed E-state index contributed by atoms with van der Waals surface area (Å²) < 4.78 is 0. The van der Waals surface area contributed by atoms with Gasteiger partial charge in [-0.05, 0) is 20.3 Å². The normalized spacial score (nSPS) is 12.5. The lowest BCUT2D eigenvalue weighted by atomic mass is 10.3. The van der Waals surface area contributed by atoms with Crippen molar-refractivity contribution in [2.45, 2.75) is 32.0 Å². The fraction of sp³-hybridized carbons (Fsp3) is 0.600. The molecule has 0 bridgehead atoms. The topological polar surface area (TPSA) is 42.0 Å². The minimum Gasteiger partial charge on any atom is -0.350 e. The molecule has 84 valence electrons. The Kier molecular flexibility index (Phi) is 4.73. The van der Waals surface area contributed by atoms with E-state index in [0.717, 1.165) is 22.0 Å². The highest BCUT2D eigenvalue weighted by Gasteiger charge is 2.13. The van der Waals surface area contributed by atoms with Crippen LogP contribution >= 0.6 is 27.3 Å². The van der Waals surface area contributed by atoms with Crippen molar-refractivity contribution in [2.24, 2.45) is 0 Å². The predicted molar refractivity (Wildman–Crippen MR) is 66.9 cm³/mol. The van der Waals surface area contributed by atoms with Crippen LogP contribution in [0.4, 0.5) is 0 Å². The van der Waals surface area contributed by atoms with E-state index in [1.807, 2.05) is 13.8 Å². The summed E-state index contributed by atoms with van der Waals surface area (Å²) in [6.07, 6.45) is 1.00. The van der Waals surface area contributed by atoms with Crippen LogP contribution in [0, 0.1) is 13.8 Å². The summed E-state index contributed by atoms with van der Waals surface area (Å²) in [6, 6.07) is 0. The molecule has 0 saturated heterocycles. The molecule has 1 heterocycles. The minimum absolute atomic E-state index is 0.0176. The molecule has 3 nitrogen and oxygen atoms in total. The molecule has 0 fully saturated rings. The Morgan fingerprint density at radius 2 is 2.27 bits per heavy atom. The molecule has 1 rings (SSSR count). The first kappa shape index (κ1) is 12.6. The molecule has 1 atom stereocenters. The van der Waals surface area contributed by atoms with Crippen molar-refractivity contribution in [3.8, 4) is 0 Å². The zero-order valence-electron chi connectivity index (χ0n) is 9.13. The van der Waals surface area contributed by atoms with Gasteiger partial charge in [-0.25, -0.2) is 4.98 Å². The van der Waals surface area contributed by atoms with Gasteiger partial charge in [-0.15, -0.1) is 11.3 Å². The molecular weight excluding hydrogens is 276 g/mol. The molecule has 1 aromatic rings. The highest BCUT2D eigenvalue weighted by atomic mass is 79.9. The molecule has 0 aliphatic heterocycles. The number of halogens is 1. The van der Waals surface area contributed by atoms with Gasteiger partial charge in [0, 0.05) is 11.4 Å².